The van der Waals surface area contributed by atoms with Crippen LogP contribution in [-0.2, 0) is 0 Å². The van der Waals surface area contributed by atoms with Crippen molar-refractivity contribution in [3.05, 3.63) is 53.4 Å². The van der Waals surface area contributed by atoms with Crippen LogP contribution in [0.4, 0.5) is 4.39 Å². The second-order valence-corrected chi connectivity index (χ2v) is 5.75. The number of nitrogens with zero attached hydrogens (tertiary/aromatic N) is 1. The molecule has 2 aromatic heterocycles. The number of hydrogen-bond donors (Lipinski definition) is 0. The molecule has 4 rings (SSSR count). The Kier molecular flexibility index (Phi) is 2.28. The van der Waals surface area contributed by atoms with Crippen molar-refractivity contribution in [1.82, 2.24) is 4.98 Å². The van der Waals surface area contributed by atoms with Crippen LogP contribution >= 0.6 is 22.9 Å². The highest BCUT2D eigenvalue weighted by Crippen LogP contribution is 2.41. The maximum absolute atomic E-state index is 14.2. The monoisotopic (exact) mass is 287 g/mol. The van der Waals surface area contributed by atoms with E-state index in [9.17, 15) is 4.39 Å². The number of hydrogen-bond acceptors (Lipinski definition) is 2. The van der Waals surface area contributed by atoms with E-state index in [0.717, 1.165) is 25.7 Å². The smallest absolute Gasteiger partial charge is 0.147 e. The molecule has 4 heteroatoms. The molecule has 92 valence electrons. The molecular formula is C15H7ClFNS. The fourth-order valence-corrected chi connectivity index (χ4v) is 3.86. The summed E-state index contributed by atoms with van der Waals surface area (Å²) in [5.74, 6) is -0.212. The van der Waals surface area contributed by atoms with Gasteiger partial charge in [0.25, 0.3) is 0 Å². The molecule has 0 aliphatic carbocycles. The lowest BCUT2D eigenvalue weighted by molar-refractivity contribution is 0.641. The second-order valence-electron chi connectivity index (χ2n) is 4.34. The Bertz CT molecular complexity index is 945. The molecule has 0 fully saturated rings. The van der Waals surface area contributed by atoms with E-state index in [1.807, 2.05) is 30.3 Å². The molecule has 0 amide bonds. The van der Waals surface area contributed by atoms with Gasteiger partial charge in [0.2, 0.25) is 0 Å². The molecule has 0 aliphatic heterocycles. The summed E-state index contributed by atoms with van der Waals surface area (Å²) < 4.78 is 15.9. The number of pyridine rings is 1. The number of thiophene rings is 1. The Labute approximate surface area is 117 Å². The standard InChI is InChI=1S/C15H7ClFNS/c16-15-14-12(8-4-1-2-6-10(8)18-15)13-9(17)5-3-7-11(13)19-14/h1-7H. The molecule has 2 aromatic carbocycles. The van der Waals surface area contributed by atoms with E-state index in [2.05, 4.69) is 4.98 Å². The van der Waals surface area contributed by atoms with Crippen LogP contribution in [0.25, 0.3) is 31.1 Å². The summed E-state index contributed by atoms with van der Waals surface area (Å²) >= 11 is 7.72. The van der Waals surface area contributed by atoms with Gasteiger partial charge < -0.3 is 0 Å². The van der Waals surface area contributed by atoms with Gasteiger partial charge in [0.1, 0.15) is 11.0 Å². The zero-order chi connectivity index (χ0) is 13.0. The Balaban J connectivity index is 2.42. The van der Waals surface area contributed by atoms with Gasteiger partial charge in [-0.2, -0.15) is 0 Å². The topological polar surface area (TPSA) is 12.9 Å². The van der Waals surface area contributed by atoms with Gasteiger partial charge in [0.05, 0.1) is 10.2 Å². The van der Waals surface area contributed by atoms with E-state index < -0.39 is 0 Å². The first kappa shape index (κ1) is 11.1. The van der Waals surface area contributed by atoms with Crippen LogP contribution in [0.1, 0.15) is 0 Å². The molecule has 4 aromatic rings. The van der Waals surface area contributed by atoms with E-state index in [1.165, 1.54) is 17.4 Å². The molecule has 19 heavy (non-hydrogen) atoms. The molecule has 0 bridgehead atoms. The summed E-state index contributed by atoms with van der Waals surface area (Å²) in [6, 6.07) is 12.8. The molecule has 0 atom stereocenters. The Morgan fingerprint density at radius 1 is 1.00 bits per heavy atom. The highest BCUT2D eigenvalue weighted by atomic mass is 35.5. The number of benzene rings is 2. The number of aromatic nitrogens is 1. The lowest BCUT2D eigenvalue weighted by Gasteiger charge is -2.01. The van der Waals surface area contributed by atoms with E-state index in [0.29, 0.717) is 10.5 Å². The molecule has 1 nitrogen and oxygen atoms in total. The van der Waals surface area contributed by atoms with Crippen molar-refractivity contribution in [3.63, 3.8) is 0 Å². The minimum Gasteiger partial charge on any atom is -0.235 e. The van der Waals surface area contributed by atoms with E-state index in [4.69, 9.17) is 11.6 Å². The second kappa shape index (κ2) is 3.89. The predicted octanol–water partition coefficient (Wildman–Crippen LogP) is 5.40. The minimum atomic E-state index is -0.212. The average molecular weight is 288 g/mol. The van der Waals surface area contributed by atoms with Gasteiger partial charge in [-0.3, -0.25) is 0 Å². The summed E-state index contributed by atoms with van der Waals surface area (Å²) in [5.41, 5.74) is 0.794. The highest BCUT2D eigenvalue weighted by molar-refractivity contribution is 7.26. The summed E-state index contributed by atoms with van der Waals surface area (Å²) in [5, 5.41) is 2.89. The molecule has 0 aliphatic rings. The molecular weight excluding hydrogens is 281 g/mol. The van der Waals surface area contributed by atoms with Crippen LogP contribution in [0, 0.1) is 5.82 Å². The summed E-state index contributed by atoms with van der Waals surface area (Å²) in [6.45, 7) is 0. The van der Waals surface area contributed by atoms with Crippen LogP contribution in [0.2, 0.25) is 5.15 Å². The third-order valence-corrected chi connectivity index (χ3v) is 4.79. The molecule has 0 spiro atoms. The molecule has 2 heterocycles. The van der Waals surface area contributed by atoms with Crippen molar-refractivity contribution in [2.24, 2.45) is 0 Å². The molecule has 0 unspecified atom stereocenters. The normalized spacial score (nSPS) is 11.7. The summed E-state index contributed by atoms with van der Waals surface area (Å²) in [7, 11) is 0. The first-order valence-corrected chi connectivity index (χ1v) is 7.00. The summed E-state index contributed by atoms with van der Waals surface area (Å²) in [4.78, 5) is 4.38. The lowest BCUT2D eigenvalue weighted by Crippen LogP contribution is -1.82. The van der Waals surface area contributed by atoms with Crippen molar-refractivity contribution in [2.45, 2.75) is 0 Å². The van der Waals surface area contributed by atoms with Crippen molar-refractivity contribution in [2.75, 3.05) is 0 Å². The maximum atomic E-state index is 14.2. The molecule has 0 saturated carbocycles. The van der Waals surface area contributed by atoms with E-state index in [1.54, 1.807) is 6.07 Å². The molecule has 0 radical (unpaired) electrons. The summed E-state index contributed by atoms with van der Waals surface area (Å²) in [6.07, 6.45) is 0. The fourth-order valence-electron chi connectivity index (χ4n) is 2.45. The van der Waals surface area contributed by atoms with Crippen LogP contribution in [0.5, 0.6) is 0 Å². The van der Waals surface area contributed by atoms with Gasteiger partial charge in [0, 0.05) is 20.9 Å². The SMILES string of the molecule is Fc1cccc2sc3c(Cl)nc4ccccc4c3c12. The first-order chi connectivity index (χ1) is 9.25. The predicted molar refractivity (Wildman–Crippen MR) is 79.6 cm³/mol. The quantitative estimate of drug-likeness (QED) is 0.395. The lowest BCUT2D eigenvalue weighted by atomic mass is 10.1. The zero-order valence-electron chi connectivity index (χ0n) is 9.65. The van der Waals surface area contributed by atoms with Gasteiger partial charge in [-0.15, -0.1) is 11.3 Å². The Morgan fingerprint density at radius 3 is 2.74 bits per heavy atom. The van der Waals surface area contributed by atoms with Gasteiger partial charge in [-0.25, -0.2) is 9.37 Å². The number of fused-ring (bicyclic) bond motifs is 5. The third-order valence-electron chi connectivity index (χ3n) is 3.24. The van der Waals surface area contributed by atoms with Crippen LogP contribution in [-0.4, -0.2) is 4.98 Å². The van der Waals surface area contributed by atoms with Gasteiger partial charge in [-0.1, -0.05) is 35.9 Å². The largest absolute Gasteiger partial charge is 0.235 e. The zero-order valence-corrected chi connectivity index (χ0v) is 11.2. The Hall–Kier alpha value is -1.71. The number of rotatable bonds is 0. The van der Waals surface area contributed by atoms with Crippen molar-refractivity contribution < 1.29 is 4.39 Å². The molecule has 0 N–H and O–H groups in total. The van der Waals surface area contributed by atoms with Crippen molar-refractivity contribution in [3.8, 4) is 0 Å². The van der Waals surface area contributed by atoms with Crippen molar-refractivity contribution >= 4 is 54.0 Å². The van der Waals surface area contributed by atoms with Gasteiger partial charge >= 0.3 is 0 Å². The van der Waals surface area contributed by atoms with Crippen LogP contribution in [0.15, 0.2) is 42.5 Å². The maximum Gasteiger partial charge on any atom is 0.147 e. The number of para-hydroxylation sites is 1. The average Bonchev–Trinajstić information content (AvgIpc) is 2.81. The third kappa shape index (κ3) is 1.49. The molecule has 0 saturated heterocycles. The minimum absolute atomic E-state index is 0.212. The first-order valence-electron chi connectivity index (χ1n) is 5.80. The van der Waals surface area contributed by atoms with Crippen molar-refractivity contribution in [1.29, 1.82) is 0 Å². The highest BCUT2D eigenvalue weighted by Gasteiger charge is 2.15. The fraction of sp³-hybridized carbons (Fsp3) is 0. The number of halogens is 2. The van der Waals surface area contributed by atoms with Gasteiger partial charge in [-0.05, 0) is 18.2 Å². The van der Waals surface area contributed by atoms with E-state index >= 15 is 0 Å². The van der Waals surface area contributed by atoms with Crippen LogP contribution in [0.3, 0.4) is 0 Å². The Morgan fingerprint density at radius 2 is 1.84 bits per heavy atom. The van der Waals surface area contributed by atoms with Crippen LogP contribution < -0.4 is 0 Å². The van der Waals surface area contributed by atoms with Gasteiger partial charge in [0.15, 0.2) is 0 Å². The van der Waals surface area contributed by atoms with E-state index in [-0.39, 0.29) is 5.82 Å².